The van der Waals surface area contributed by atoms with Crippen molar-refractivity contribution in [2.45, 2.75) is 13.2 Å². The van der Waals surface area contributed by atoms with Crippen LogP contribution in [0.2, 0.25) is 0 Å². The Labute approximate surface area is 75.8 Å². The highest BCUT2D eigenvalue weighted by Gasteiger charge is 2.07. The van der Waals surface area contributed by atoms with Crippen molar-refractivity contribution in [2.75, 3.05) is 0 Å². The van der Waals surface area contributed by atoms with E-state index in [-0.39, 0.29) is 6.61 Å². The lowest BCUT2D eigenvalue weighted by Gasteiger charge is -1.97. The molecule has 0 atom stereocenters. The maximum Gasteiger partial charge on any atom is 0.138 e. The summed E-state index contributed by atoms with van der Waals surface area (Å²) in [5, 5.41) is 9.95. The molecule has 2 aromatic rings. The first kappa shape index (κ1) is 8.29. The number of aliphatic hydroxyl groups excluding tert-OH is 1. The first-order valence-corrected chi connectivity index (χ1v) is 4.15. The van der Waals surface area contributed by atoms with E-state index in [0.717, 1.165) is 22.1 Å². The third-order valence-corrected chi connectivity index (χ3v) is 2.15. The lowest BCUT2D eigenvalue weighted by molar-refractivity contribution is 0.281. The van der Waals surface area contributed by atoms with Gasteiger partial charge in [-0.1, -0.05) is 18.2 Å². The molecule has 0 aliphatic heterocycles. The van der Waals surface area contributed by atoms with Crippen molar-refractivity contribution in [1.82, 2.24) is 0 Å². The standard InChI is InChI=1S/C10H11NO2/c11-4-7-2-1-3-9-8(5-12)6-13-10(7)9/h1-3,6,12H,4-5,11H2. The first-order valence-electron chi connectivity index (χ1n) is 4.15. The molecule has 0 saturated carbocycles. The number of nitrogens with two attached hydrogens (primary N) is 1. The molecular weight excluding hydrogens is 166 g/mol. The molecule has 0 fully saturated rings. The Hall–Kier alpha value is -1.32. The van der Waals surface area contributed by atoms with Crippen LogP contribution in [0.5, 0.6) is 0 Å². The second kappa shape index (κ2) is 3.20. The van der Waals surface area contributed by atoms with E-state index in [2.05, 4.69) is 0 Å². The van der Waals surface area contributed by atoms with Crippen molar-refractivity contribution in [3.63, 3.8) is 0 Å². The topological polar surface area (TPSA) is 59.4 Å². The van der Waals surface area contributed by atoms with Crippen molar-refractivity contribution >= 4 is 11.0 Å². The summed E-state index contributed by atoms with van der Waals surface area (Å²) in [7, 11) is 0. The van der Waals surface area contributed by atoms with Gasteiger partial charge in [0.25, 0.3) is 0 Å². The number of fused-ring (bicyclic) bond motifs is 1. The predicted molar refractivity (Wildman–Crippen MR) is 50.0 cm³/mol. The molecule has 0 aliphatic rings. The fourth-order valence-electron chi connectivity index (χ4n) is 1.45. The van der Waals surface area contributed by atoms with Crippen molar-refractivity contribution < 1.29 is 9.52 Å². The third-order valence-electron chi connectivity index (χ3n) is 2.15. The highest BCUT2D eigenvalue weighted by molar-refractivity contribution is 5.83. The highest BCUT2D eigenvalue weighted by atomic mass is 16.3. The van der Waals surface area contributed by atoms with Crippen LogP contribution in [-0.2, 0) is 13.2 Å². The third kappa shape index (κ3) is 1.22. The average molecular weight is 177 g/mol. The van der Waals surface area contributed by atoms with Crippen molar-refractivity contribution in [1.29, 1.82) is 0 Å². The van der Waals surface area contributed by atoms with E-state index in [1.54, 1.807) is 6.26 Å². The van der Waals surface area contributed by atoms with Gasteiger partial charge in [0.1, 0.15) is 5.58 Å². The van der Waals surface area contributed by atoms with E-state index in [1.807, 2.05) is 18.2 Å². The van der Waals surface area contributed by atoms with E-state index >= 15 is 0 Å². The molecule has 0 bridgehead atoms. The largest absolute Gasteiger partial charge is 0.464 e. The van der Waals surface area contributed by atoms with Crippen molar-refractivity contribution in [3.8, 4) is 0 Å². The fraction of sp³-hybridized carbons (Fsp3) is 0.200. The van der Waals surface area contributed by atoms with E-state index < -0.39 is 0 Å². The molecule has 3 nitrogen and oxygen atoms in total. The van der Waals surface area contributed by atoms with Crippen LogP contribution in [0, 0.1) is 0 Å². The molecule has 3 N–H and O–H groups in total. The molecule has 13 heavy (non-hydrogen) atoms. The van der Waals surface area contributed by atoms with Gasteiger partial charge < -0.3 is 15.3 Å². The van der Waals surface area contributed by atoms with Gasteiger partial charge in [0, 0.05) is 23.1 Å². The van der Waals surface area contributed by atoms with Gasteiger partial charge in [-0.05, 0) is 0 Å². The molecule has 0 spiro atoms. The molecule has 0 amide bonds. The SMILES string of the molecule is NCc1cccc2c(CO)coc12. The number of benzene rings is 1. The lowest BCUT2D eigenvalue weighted by atomic mass is 10.1. The zero-order valence-corrected chi connectivity index (χ0v) is 7.16. The van der Waals surface area contributed by atoms with Crippen LogP contribution in [-0.4, -0.2) is 5.11 Å². The Morgan fingerprint density at radius 2 is 2.15 bits per heavy atom. The second-order valence-corrected chi connectivity index (χ2v) is 2.92. The Kier molecular flexibility index (Phi) is 2.04. The van der Waals surface area contributed by atoms with Gasteiger partial charge in [0.15, 0.2) is 0 Å². The van der Waals surface area contributed by atoms with E-state index in [4.69, 9.17) is 15.3 Å². The zero-order valence-electron chi connectivity index (χ0n) is 7.16. The monoisotopic (exact) mass is 177 g/mol. The molecule has 68 valence electrons. The Bertz CT molecular complexity index is 420. The minimum Gasteiger partial charge on any atom is -0.464 e. The molecule has 2 rings (SSSR count). The zero-order chi connectivity index (χ0) is 9.26. The van der Waals surface area contributed by atoms with Crippen LogP contribution >= 0.6 is 0 Å². The van der Waals surface area contributed by atoms with Gasteiger partial charge in [0.2, 0.25) is 0 Å². The molecule has 1 aromatic carbocycles. The number of para-hydroxylation sites is 1. The van der Waals surface area contributed by atoms with Crippen LogP contribution in [0.25, 0.3) is 11.0 Å². The summed E-state index contributed by atoms with van der Waals surface area (Å²) in [6.45, 7) is 0.455. The average Bonchev–Trinajstić information content (AvgIpc) is 2.60. The molecule has 0 unspecified atom stereocenters. The number of rotatable bonds is 2. The summed E-state index contributed by atoms with van der Waals surface area (Å²) in [4.78, 5) is 0. The predicted octanol–water partition coefficient (Wildman–Crippen LogP) is 1.38. The minimum absolute atomic E-state index is 0.00102. The van der Waals surface area contributed by atoms with Crippen LogP contribution in [0.1, 0.15) is 11.1 Å². The van der Waals surface area contributed by atoms with Crippen LogP contribution in [0.3, 0.4) is 0 Å². The smallest absolute Gasteiger partial charge is 0.138 e. The molecule has 0 aliphatic carbocycles. The summed E-state index contributed by atoms with van der Waals surface area (Å²) >= 11 is 0. The van der Waals surface area contributed by atoms with E-state index in [1.165, 1.54) is 0 Å². The molecule has 1 heterocycles. The van der Waals surface area contributed by atoms with Gasteiger partial charge in [-0.15, -0.1) is 0 Å². The molecular formula is C10H11NO2. The summed E-state index contributed by atoms with van der Waals surface area (Å²) in [6, 6.07) is 5.76. The van der Waals surface area contributed by atoms with Gasteiger partial charge in [0.05, 0.1) is 12.9 Å². The van der Waals surface area contributed by atoms with Gasteiger partial charge in [-0.25, -0.2) is 0 Å². The minimum atomic E-state index is 0.00102. The van der Waals surface area contributed by atoms with Crippen molar-refractivity contribution in [3.05, 3.63) is 35.6 Å². The van der Waals surface area contributed by atoms with Gasteiger partial charge >= 0.3 is 0 Å². The molecule has 0 saturated heterocycles. The fourth-order valence-corrected chi connectivity index (χ4v) is 1.45. The Morgan fingerprint density at radius 3 is 2.85 bits per heavy atom. The van der Waals surface area contributed by atoms with Crippen LogP contribution in [0.4, 0.5) is 0 Å². The lowest BCUT2D eigenvalue weighted by Crippen LogP contribution is -1.95. The summed E-state index contributed by atoms with van der Waals surface area (Å²) < 4.78 is 5.32. The van der Waals surface area contributed by atoms with Gasteiger partial charge in [-0.2, -0.15) is 0 Å². The number of aliphatic hydroxyl groups is 1. The second-order valence-electron chi connectivity index (χ2n) is 2.92. The molecule has 3 heteroatoms. The summed E-state index contributed by atoms with van der Waals surface area (Å²) in [5.74, 6) is 0. The summed E-state index contributed by atoms with van der Waals surface area (Å²) in [6.07, 6.45) is 1.57. The number of hydrogen-bond donors (Lipinski definition) is 2. The number of furan rings is 1. The van der Waals surface area contributed by atoms with Gasteiger partial charge in [-0.3, -0.25) is 0 Å². The van der Waals surface area contributed by atoms with E-state index in [9.17, 15) is 0 Å². The Balaban J connectivity index is 2.72. The maximum absolute atomic E-state index is 9.00. The maximum atomic E-state index is 9.00. The molecule has 1 aromatic heterocycles. The Morgan fingerprint density at radius 1 is 1.31 bits per heavy atom. The van der Waals surface area contributed by atoms with Crippen LogP contribution in [0.15, 0.2) is 28.9 Å². The summed E-state index contributed by atoms with van der Waals surface area (Å²) in [5.41, 5.74) is 8.11. The normalized spacial score (nSPS) is 10.9. The quantitative estimate of drug-likeness (QED) is 0.728. The first-order chi connectivity index (χ1) is 6.36. The van der Waals surface area contributed by atoms with Crippen LogP contribution < -0.4 is 5.73 Å². The van der Waals surface area contributed by atoms with E-state index in [0.29, 0.717) is 6.54 Å². The molecule has 0 radical (unpaired) electrons. The highest BCUT2D eigenvalue weighted by Crippen LogP contribution is 2.24. The number of hydrogen-bond acceptors (Lipinski definition) is 3. The van der Waals surface area contributed by atoms with Crippen molar-refractivity contribution in [2.24, 2.45) is 5.73 Å².